The number of rotatable bonds is 5. The first-order chi connectivity index (χ1) is 16.9. The SMILES string of the molecule is CC(c1ccc(OC(F)F)cc1)N1CC(CO)n2nc3c(c2C1=O)CN(C(=O)OC(C)(C)C)[C@H](C)C3. The molecule has 36 heavy (non-hydrogen) atoms. The van der Waals surface area contributed by atoms with Gasteiger partial charge in [-0.25, -0.2) is 4.79 Å². The third-order valence-electron chi connectivity index (χ3n) is 6.55. The van der Waals surface area contributed by atoms with Crippen LogP contribution in [0.2, 0.25) is 0 Å². The number of fused-ring (bicyclic) bond motifs is 3. The molecule has 9 nitrogen and oxygen atoms in total. The van der Waals surface area contributed by atoms with Crippen molar-refractivity contribution in [2.24, 2.45) is 0 Å². The average molecular weight is 507 g/mol. The highest BCUT2D eigenvalue weighted by atomic mass is 19.3. The second-order valence-corrected chi connectivity index (χ2v) is 10.3. The number of aliphatic hydroxyl groups is 1. The van der Waals surface area contributed by atoms with Gasteiger partial charge < -0.3 is 24.4 Å². The number of alkyl halides is 2. The van der Waals surface area contributed by atoms with Gasteiger partial charge in [-0.2, -0.15) is 13.9 Å². The first kappa shape index (κ1) is 25.9. The Balaban J connectivity index is 1.64. The molecule has 3 atom stereocenters. The molecular weight excluding hydrogens is 474 g/mol. The summed E-state index contributed by atoms with van der Waals surface area (Å²) >= 11 is 0. The number of carbonyl (C=O) groups is 2. The Morgan fingerprint density at radius 2 is 1.92 bits per heavy atom. The summed E-state index contributed by atoms with van der Waals surface area (Å²) in [5, 5.41) is 14.8. The summed E-state index contributed by atoms with van der Waals surface area (Å²) < 4.78 is 36.6. The van der Waals surface area contributed by atoms with Crippen LogP contribution in [0.4, 0.5) is 13.6 Å². The molecule has 2 aliphatic heterocycles. The lowest BCUT2D eigenvalue weighted by molar-refractivity contribution is -0.0498. The first-order valence-electron chi connectivity index (χ1n) is 12.0. The third kappa shape index (κ3) is 5.02. The highest BCUT2D eigenvalue weighted by Crippen LogP contribution is 2.35. The van der Waals surface area contributed by atoms with Crippen molar-refractivity contribution in [1.29, 1.82) is 0 Å². The summed E-state index contributed by atoms with van der Waals surface area (Å²) in [5.41, 5.74) is 1.80. The highest BCUT2D eigenvalue weighted by molar-refractivity contribution is 5.95. The van der Waals surface area contributed by atoms with Crippen LogP contribution in [0.25, 0.3) is 0 Å². The number of carbonyl (C=O) groups excluding carboxylic acids is 2. The van der Waals surface area contributed by atoms with E-state index in [2.05, 4.69) is 9.84 Å². The number of ether oxygens (including phenoxy) is 2. The predicted octanol–water partition coefficient (Wildman–Crippen LogP) is 3.92. The number of aromatic nitrogens is 2. The zero-order valence-electron chi connectivity index (χ0n) is 21.1. The van der Waals surface area contributed by atoms with Crippen LogP contribution in [0.5, 0.6) is 5.75 Å². The first-order valence-corrected chi connectivity index (χ1v) is 12.0. The zero-order valence-corrected chi connectivity index (χ0v) is 21.1. The van der Waals surface area contributed by atoms with E-state index < -0.39 is 30.4 Å². The number of benzene rings is 1. The Morgan fingerprint density at radius 1 is 1.25 bits per heavy atom. The molecule has 0 saturated heterocycles. The third-order valence-corrected chi connectivity index (χ3v) is 6.55. The molecule has 0 radical (unpaired) electrons. The van der Waals surface area contributed by atoms with Crippen LogP contribution in [-0.4, -0.2) is 68.1 Å². The standard InChI is InChI=1S/C25H32F2N4O5/c1-14-10-20-19(12-29(14)24(34)36-25(3,4)5)21-22(33)30(11-17(13-32)31(21)28-20)15(2)16-6-8-18(9-7-16)35-23(26)27/h6-9,14-15,17,23,32H,10-13H2,1-5H3/t14-,15?,17?/m1/s1. The summed E-state index contributed by atoms with van der Waals surface area (Å²) in [6.07, 6.45) is 0.000127. The van der Waals surface area contributed by atoms with E-state index in [4.69, 9.17) is 4.74 Å². The fourth-order valence-electron chi connectivity index (χ4n) is 4.72. The van der Waals surface area contributed by atoms with Crippen LogP contribution in [-0.2, 0) is 17.7 Å². The quantitative estimate of drug-likeness (QED) is 0.661. The van der Waals surface area contributed by atoms with Crippen molar-refractivity contribution in [2.75, 3.05) is 13.2 Å². The van der Waals surface area contributed by atoms with Gasteiger partial charge in [0.1, 0.15) is 17.0 Å². The van der Waals surface area contributed by atoms with Crippen molar-refractivity contribution in [1.82, 2.24) is 19.6 Å². The molecule has 2 amide bonds. The van der Waals surface area contributed by atoms with Crippen LogP contribution in [0.3, 0.4) is 0 Å². The fraction of sp³-hybridized carbons (Fsp3) is 0.560. The van der Waals surface area contributed by atoms with E-state index in [1.807, 2.05) is 13.8 Å². The van der Waals surface area contributed by atoms with E-state index in [9.17, 15) is 23.5 Å². The van der Waals surface area contributed by atoms with Crippen LogP contribution >= 0.6 is 0 Å². The maximum absolute atomic E-state index is 13.8. The Labute approximate surface area is 208 Å². The Bertz CT molecular complexity index is 1130. The minimum Gasteiger partial charge on any atom is -0.444 e. The average Bonchev–Trinajstić information content (AvgIpc) is 3.16. The molecule has 0 aliphatic carbocycles. The zero-order chi connectivity index (χ0) is 26.4. The number of hydrogen-bond acceptors (Lipinski definition) is 6. The normalized spacial score (nSPS) is 20.8. The summed E-state index contributed by atoms with van der Waals surface area (Å²) in [7, 11) is 0. The molecule has 0 bridgehead atoms. The smallest absolute Gasteiger partial charge is 0.410 e. The van der Waals surface area contributed by atoms with Gasteiger partial charge in [0.15, 0.2) is 0 Å². The molecular formula is C25H32F2N4O5. The van der Waals surface area contributed by atoms with Gasteiger partial charge in [-0.05, 0) is 52.3 Å². The number of amides is 2. The lowest BCUT2D eigenvalue weighted by Gasteiger charge is -2.38. The van der Waals surface area contributed by atoms with E-state index >= 15 is 0 Å². The van der Waals surface area contributed by atoms with Gasteiger partial charge in [0.05, 0.1) is 30.9 Å². The van der Waals surface area contributed by atoms with Crippen LogP contribution < -0.4 is 4.74 Å². The molecule has 0 spiro atoms. The van der Waals surface area contributed by atoms with Crippen molar-refractivity contribution >= 4 is 12.0 Å². The molecule has 0 saturated carbocycles. The maximum Gasteiger partial charge on any atom is 0.410 e. The summed E-state index contributed by atoms with van der Waals surface area (Å²) in [5.74, 6) is -0.241. The van der Waals surface area contributed by atoms with Crippen molar-refractivity contribution in [3.63, 3.8) is 0 Å². The predicted molar refractivity (Wildman–Crippen MR) is 126 cm³/mol. The Morgan fingerprint density at radius 3 is 2.50 bits per heavy atom. The highest BCUT2D eigenvalue weighted by Gasteiger charge is 2.42. The van der Waals surface area contributed by atoms with Crippen molar-refractivity contribution < 1.29 is 33.0 Å². The summed E-state index contributed by atoms with van der Waals surface area (Å²) in [6.45, 7) is 6.40. The number of halogens is 2. The molecule has 3 heterocycles. The number of hydrogen-bond donors (Lipinski definition) is 1. The molecule has 4 rings (SSSR count). The largest absolute Gasteiger partial charge is 0.444 e. The minimum atomic E-state index is -2.92. The van der Waals surface area contributed by atoms with Gasteiger partial charge in [0, 0.05) is 24.6 Å². The van der Waals surface area contributed by atoms with Gasteiger partial charge in [0.25, 0.3) is 5.91 Å². The van der Waals surface area contributed by atoms with Gasteiger partial charge in [0.2, 0.25) is 0 Å². The lowest BCUT2D eigenvalue weighted by Crippen LogP contribution is -2.47. The lowest BCUT2D eigenvalue weighted by atomic mass is 9.97. The van der Waals surface area contributed by atoms with E-state index in [0.29, 0.717) is 17.7 Å². The summed E-state index contributed by atoms with van der Waals surface area (Å²) in [6, 6.07) is 5.10. The molecule has 11 heteroatoms. The molecule has 2 aliphatic rings. The molecule has 1 aromatic heterocycles. The van der Waals surface area contributed by atoms with Gasteiger partial charge in [-0.1, -0.05) is 12.1 Å². The van der Waals surface area contributed by atoms with Crippen LogP contribution in [0, 0.1) is 0 Å². The minimum absolute atomic E-state index is 0.0302. The monoisotopic (exact) mass is 506 g/mol. The maximum atomic E-state index is 13.8. The molecule has 2 aromatic rings. The van der Waals surface area contributed by atoms with Gasteiger partial charge in [-0.15, -0.1) is 0 Å². The number of aliphatic hydroxyl groups excluding tert-OH is 1. The topological polar surface area (TPSA) is 97.1 Å². The van der Waals surface area contributed by atoms with Crippen molar-refractivity contribution in [3.05, 3.63) is 46.8 Å². The Kier molecular flexibility index (Phi) is 6.96. The molecule has 1 N–H and O–H groups in total. The van der Waals surface area contributed by atoms with E-state index in [1.54, 1.807) is 47.4 Å². The second-order valence-electron chi connectivity index (χ2n) is 10.3. The second kappa shape index (κ2) is 9.68. The van der Waals surface area contributed by atoms with Crippen LogP contribution in [0.1, 0.15) is 74.0 Å². The van der Waals surface area contributed by atoms with Gasteiger partial charge in [-0.3, -0.25) is 9.48 Å². The molecule has 0 fully saturated rings. The summed E-state index contributed by atoms with van der Waals surface area (Å²) in [4.78, 5) is 29.8. The number of nitrogens with zero attached hydrogens (tertiary/aromatic N) is 4. The van der Waals surface area contributed by atoms with E-state index in [-0.39, 0.29) is 37.4 Å². The Hall–Kier alpha value is -3.21. The van der Waals surface area contributed by atoms with E-state index in [1.165, 1.54) is 12.1 Å². The molecule has 1 aromatic carbocycles. The van der Waals surface area contributed by atoms with Crippen molar-refractivity contribution in [2.45, 2.75) is 77.9 Å². The molecule has 196 valence electrons. The van der Waals surface area contributed by atoms with Gasteiger partial charge >= 0.3 is 12.7 Å². The molecule has 2 unspecified atom stereocenters. The van der Waals surface area contributed by atoms with E-state index in [0.717, 1.165) is 11.3 Å². The fourth-order valence-corrected chi connectivity index (χ4v) is 4.72. The van der Waals surface area contributed by atoms with Crippen molar-refractivity contribution in [3.8, 4) is 5.75 Å². The van der Waals surface area contributed by atoms with Crippen LogP contribution in [0.15, 0.2) is 24.3 Å².